The van der Waals surface area contributed by atoms with E-state index in [0.29, 0.717) is 5.02 Å². The van der Waals surface area contributed by atoms with E-state index in [4.69, 9.17) is 21.8 Å². The standard InChI is InChI=1S/C12H14ClNO4S/c13-8-1-3-9(4-2-8)19-7-11(16)14-6-5-10(15)12(17)18/h1-4,10,15H,5-7H2,(H,14,16)(H,17,18)/t10-/m0/s1. The minimum absolute atomic E-state index is 0.00726. The van der Waals surface area contributed by atoms with Gasteiger partial charge in [0.2, 0.25) is 5.91 Å². The first-order chi connectivity index (χ1) is 8.99. The number of aliphatic hydroxyl groups is 1. The first-order valence-corrected chi connectivity index (χ1v) is 6.91. The van der Waals surface area contributed by atoms with Gasteiger partial charge in [0.25, 0.3) is 0 Å². The van der Waals surface area contributed by atoms with Gasteiger partial charge in [0.05, 0.1) is 5.75 Å². The Bertz CT molecular complexity index is 438. The summed E-state index contributed by atoms with van der Waals surface area (Å²) in [4.78, 5) is 22.7. The van der Waals surface area contributed by atoms with Crippen LogP contribution in [0.5, 0.6) is 0 Å². The third kappa shape index (κ3) is 6.47. The summed E-state index contributed by atoms with van der Waals surface area (Å²) < 4.78 is 0. The number of amides is 1. The zero-order valence-electron chi connectivity index (χ0n) is 10.0. The Morgan fingerprint density at radius 3 is 2.53 bits per heavy atom. The summed E-state index contributed by atoms with van der Waals surface area (Å²) in [7, 11) is 0. The normalized spacial score (nSPS) is 11.9. The summed E-state index contributed by atoms with van der Waals surface area (Å²) in [6.45, 7) is 0.132. The van der Waals surface area contributed by atoms with Gasteiger partial charge in [-0.2, -0.15) is 0 Å². The van der Waals surface area contributed by atoms with Crippen molar-refractivity contribution < 1.29 is 19.8 Å². The van der Waals surface area contributed by atoms with Crippen molar-refractivity contribution in [3.8, 4) is 0 Å². The van der Waals surface area contributed by atoms with Crippen LogP contribution in [-0.4, -0.2) is 40.5 Å². The first-order valence-electron chi connectivity index (χ1n) is 5.55. The number of benzene rings is 1. The Balaban J connectivity index is 2.21. The Morgan fingerprint density at radius 2 is 1.95 bits per heavy atom. The number of aliphatic carboxylic acids is 1. The number of carbonyl (C=O) groups is 2. The van der Waals surface area contributed by atoms with Crippen molar-refractivity contribution in [3.63, 3.8) is 0 Å². The molecule has 0 spiro atoms. The molecule has 0 bridgehead atoms. The molecular formula is C12H14ClNO4S. The summed E-state index contributed by atoms with van der Waals surface area (Å²) in [6.07, 6.45) is -1.45. The predicted molar refractivity (Wildman–Crippen MR) is 73.4 cm³/mol. The van der Waals surface area contributed by atoms with Gasteiger partial charge in [-0.3, -0.25) is 4.79 Å². The first kappa shape index (κ1) is 15.8. The van der Waals surface area contributed by atoms with Crippen LogP contribution in [0.3, 0.4) is 0 Å². The lowest BCUT2D eigenvalue weighted by molar-refractivity contribution is -0.147. The molecule has 1 rings (SSSR count). The molecule has 7 heteroatoms. The van der Waals surface area contributed by atoms with E-state index < -0.39 is 12.1 Å². The van der Waals surface area contributed by atoms with Crippen LogP contribution in [0.2, 0.25) is 5.02 Å². The third-order valence-corrected chi connectivity index (χ3v) is 3.47. The number of nitrogens with one attached hydrogen (secondary N) is 1. The van der Waals surface area contributed by atoms with Crippen LogP contribution < -0.4 is 5.32 Å². The fourth-order valence-corrected chi connectivity index (χ4v) is 2.06. The van der Waals surface area contributed by atoms with E-state index in [-0.39, 0.29) is 24.6 Å². The van der Waals surface area contributed by atoms with Gasteiger partial charge < -0.3 is 15.5 Å². The highest BCUT2D eigenvalue weighted by molar-refractivity contribution is 8.00. The van der Waals surface area contributed by atoms with Gasteiger partial charge >= 0.3 is 5.97 Å². The Hall–Kier alpha value is -1.24. The number of carboxylic acids is 1. The Morgan fingerprint density at radius 1 is 1.32 bits per heavy atom. The molecule has 1 aromatic rings. The molecule has 0 saturated carbocycles. The second-order valence-corrected chi connectivity index (χ2v) is 5.22. The average molecular weight is 304 g/mol. The van der Waals surface area contributed by atoms with E-state index in [2.05, 4.69) is 5.32 Å². The Kier molecular flexibility index (Phi) is 6.69. The number of hydrogen-bond acceptors (Lipinski definition) is 4. The summed E-state index contributed by atoms with van der Waals surface area (Å²) in [5.74, 6) is -1.27. The number of aliphatic hydroxyl groups excluding tert-OH is 1. The van der Waals surface area contributed by atoms with Crippen LogP contribution >= 0.6 is 23.4 Å². The third-order valence-electron chi connectivity index (χ3n) is 2.21. The van der Waals surface area contributed by atoms with E-state index in [1.165, 1.54) is 11.8 Å². The predicted octanol–water partition coefficient (Wildman–Crippen LogP) is 1.38. The zero-order chi connectivity index (χ0) is 14.3. The fraction of sp³-hybridized carbons (Fsp3) is 0.333. The maximum Gasteiger partial charge on any atom is 0.332 e. The number of carbonyl (C=O) groups excluding carboxylic acids is 1. The number of thioether (sulfide) groups is 1. The van der Waals surface area contributed by atoms with Crippen molar-refractivity contribution in [2.45, 2.75) is 17.4 Å². The second kappa shape index (κ2) is 8.04. The monoisotopic (exact) mass is 303 g/mol. The van der Waals surface area contributed by atoms with Gasteiger partial charge in [0.15, 0.2) is 6.10 Å². The van der Waals surface area contributed by atoms with Crippen LogP contribution in [0.4, 0.5) is 0 Å². The van der Waals surface area contributed by atoms with Crippen molar-refractivity contribution >= 4 is 35.2 Å². The molecule has 0 aliphatic rings. The summed E-state index contributed by atoms with van der Waals surface area (Å²) in [5.41, 5.74) is 0. The molecule has 0 aliphatic heterocycles. The highest BCUT2D eigenvalue weighted by atomic mass is 35.5. The molecule has 1 aromatic carbocycles. The van der Waals surface area contributed by atoms with Crippen LogP contribution in [0, 0.1) is 0 Å². The van der Waals surface area contributed by atoms with Crippen molar-refractivity contribution in [2.24, 2.45) is 0 Å². The molecule has 0 unspecified atom stereocenters. The van der Waals surface area contributed by atoms with Crippen molar-refractivity contribution in [1.29, 1.82) is 0 Å². The maximum absolute atomic E-state index is 11.4. The van der Waals surface area contributed by atoms with Gasteiger partial charge in [0.1, 0.15) is 0 Å². The molecule has 1 amide bonds. The average Bonchev–Trinajstić information content (AvgIpc) is 2.37. The minimum Gasteiger partial charge on any atom is -0.479 e. The molecule has 0 aliphatic carbocycles. The van der Waals surface area contributed by atoms with E-state index >= 15 is 0 Å². The van der Waals surface area contributed by atoms with Gasteiger partial charge in [0, 0.05) is 22.9 Å². The molecule has 1 atom stereocenters. The number of carboxylic acid groups (broad SMARTS) is 1. The van der Waals surface area contributed by atoms with E-state index in [1.807, 2.05) is 12.1 Å². The van der Waals surface area contributed by atoms with Gasteiger partial charge in [-0.1, -0.05) is 11.6 Å². The summed E-state index contributed by atoms with van der Waals surface area (Å²) >= 11 is 7.09. The lowest BCUT2D eigenvalue weighted by atomic mass is 10.2. The fourth-order valence-electron chi connectivity index (χ4n) is 1.20. The summed E-state index contributed by atoms with van der Waals surface area (Å²) in [6, 6.07) is 7.11. The molecule has 104 valence electrons. The quantitative estimate of drug-likeness (QED) is 0.663. The highest BCUT2D eigenvalue weighted by Crippen LogP contribution is 2.19. The van der Waals surface area contributed by atoms with E-state index in [9.17, 15) is 9.59 Å². The maximum atomic E-state index is 11.4. The van der Waals surface area contributed by atoms with Gasteiger partial charge in [-0.15, -0.1) is 11.8 Å². The summed E-state index contributed by atoms with van der Waals surface area (Å²) in [5, 5.41) is 20.6. The minimum atomic E-state index is -1.44. The van der Waals surface area contributed by atoms with Crippen molar-refractivity contribution in [2.75, 3.05) is 12.3 Å². The van der Waals surface area contributed by atoms with Crippen LogP contribution in [0.15, 0.2) is 29.2 Å². The smallest absolute Gasteiger partial charge is 0.332 e. The van der Waals surface area contributed by atoms with Crippen LogP contribution in [0.1, 0.15) is 6.42 Å². The lowest BCUT2D eigenvalue weighted by Crippen LogP contribution is -2.31. The molecule has 5 nitrogen and oxygen atoms in total. The number of halogens is 1. The molecule has 3 N–H and O–H groups in total. The topological polar surface area (TPSA) is 86.6 Å². The largest absolute Gasteiger partial charge is 0.479 e. The van der Waals surface area contributed by atoms with E-state index in [1.54, 1.807) is 12.1 Å². The van der Waals surface area contributed by atoms with Crippen molar-refractivity contribution in [3.05, 3.63) is 29.3 Å². The SMILES string of the molecule is O=C(CSc1ccc(Cl)cc1)NCC[C@H](O)C(=O)O. The van der Waals surface area contributed by atoms with E-state index in [0.717, 1.165) is 4.90 Å². The van der Waals surface area contributed by atoms with Gasteiger partial charge in [-0.05, 0) is 24.3 Å². The van der Waals surface area contributed by atoms with Crippen LogP contribution in [0.25, 0.3) is 0 Å². The molecule has 0 saturated heterocycles. The van der Waals surface area contributed by atoms with Crippen molar-refractivity contribution in [1.82, 2.24) is 5.32 Å². The van der Waals surface area contributed by atoms with Crippen LogP contribution in [-0.2, 0) is 9.59 Å². The zero-order valence-corrected chi connectivity index (χ0v) is 11.6. The number of hydrogen-bond donors (Lipinski definition) is 3. The highest BCUT2D eigenvalue weighted by Gasteiger charge is 2.12. The molecule has 19 heavy (non-hydrogen) atoms. The molecule has 0 radical (unpaired) electrons. The molecular weight excluding hydrogens is 290 g/mol. The molecule has 0 fully saturated rings. The molecule has 0 heterocycles. The second-order valence-electron chi connectivity index (χ2n) is 3.74. The molecule has 0 aromatic heterocycles. The Labute approximate surface area is 120 Å². The van der Waals surface area contributed by atoms with Gasteiger partial charge in [-0.25, -0.2) is 4.79 Å². The number of rotatable bonds is 7. The lowest BCUT2D eigenvalue weighted by Gasteiger charge is -2.07.